The van der Waals surface area contributed by atoms with Crippen LogP contribution in [0.2, 0.25) is 0 Å². The number of carboxylic acid groups (broad SMARTS) is 3. The molecule has 0 aliphatic carbocycles. The Morgan fingerprint density at radius 1 is 0.722 bits per heavy atom. The third kappa shape index (κ3) is 17.0. The van der Waals surface area contributed by atoms with Gasteiger partial charge in [-0.3, -0.25) is 14.4 Å². The SMILES string of the molecule is CC(C)C(=O)OCCOCCOCCC(=O)NCC[C@H](NC(=O)N[C@@H](CCC(=O)O)C(=O)O)C(=O)O. The Morgan fingerprint density at radius 3 is 1.78 bits per heavy atom. The van der Waals surface area contributed by atoms with Crippen LogP contribution in [0, 0.1) is 5.92 Å². The predicted molar refractivity (Wildman–Crippen MR) is 121 cm³/mol. The first kappa shape index (κ1) is 32.5. The third-order valence-corrected chi connectivity index (χ3v) is 4.40. The number of rotatable bonds is 20. The Bertz CT molecular complexity index is 744. The minimum absolute atomic E-state index is 0.00151. The number of ether oxygens (including phenoxy) is 3. The van der Waals surface area contributed by atoms with Gasteiger partial charge in [0.05, 0.1) is 32.3 Å². The molecule has 0 aromatic heterocycles. The standard InChI is InChI=1S/C21H35N3O12/c1-13(2)20(32)36-12-11-35-10-9-34-8-6-16(25)22-7-5-15(19(30)31)24-21(33)23-14(18(28)29)3-4-17(26)27/h13-15H,3-12H2,1-2H3,(H,22,25)(H,26,27)(H,28,29)(H,30,31)(H2,23,24,33)/t14-,15-/m0/s1. The Hall–Kier alpha value is -3.46. The fraction of sp³-hybridized carbons (Fsp3) is 0.714. The summed E-state index contributed by atoms with van der Waals surface area (Å²) in [6.07, 6.45) is -1.06. The van der Waals surface area contributed by atoms with Crippen LogP contribution in [0.5, 0.6) is 0 Å². The molecule has 206 valence electrons. The molecular formula is C21H35N3O12. The Morgan fingerprint density at radius 2 is 1.25 bits per heavy atom. The summed E-state index contributed by atoms with van der Waals surface area (Å²) in [5.41, 5.74) is 0. The molecule has 0 saturated heterocycles. The van der Waals surface area contributed by atoms with E-state index in [1.165, 1.54) is 0 Å². The predicted octanol–water partition coefficient (Wildman–Crippen LogP) is -0.814. The molecule has 0 aliphatic heterocycles. The highest BCUT2D eigenvalue weighted by Crippen LogP contribution is 1.99. The minimum Gasteiger partial charge on any atom is -0.481 e. The van der Waals surface area contributed by atoms with Crippen LogP contribution < -0.4 is 16.0 Å². The van der Waals surface area contributed by atoms with Gasteiger partial charge in [0.25, 0.3) is 0 Å². The summed E-state index contributed by atoms with van der Waals surface area (Å²) < 4.78 is 15.4. The van der Waals surface area contributed by atoms with Crippen molar-refractivity contribution in [1.29, 1.82) is 0 Å². The van der Waals surface area contributed by atoms with Crippen molar-refractivity contribution < 1.29 is 58.3 Å². The Balaban J connectivity index is 4.07. The topological polar surface area (TPSA) is 227 Å². The monoisotopic (exact) mass is 521 g/mol. The van der Waals surface area contributed by atoms with Gasteiger partial charge in [-0.25, -0.2) is 14.4 Å². The van der Waals surface area contributed by atoms with Gasteiger partial charge in [0.2, 0.25) is 5.91 Å². The lowest BCUT2D eigenvalue weighted by Gasteiger charge is -2.18. The lowest BCUT2D eigenvalue weighted by molar-refractivity contribution is -0.149. The second-order valence-corrected chi connectivity index (χ2v) is 7.77. The summed E-state index contributed by atoms with van der Waals surface area (Å²) in [6, 6.07) is -4.03. The van der Waals surface area contributed by atoms with Crippen LogP contribution in [-0.4, -0.2) is 103 Å². The van der Waals surface area contributed by atoms with Gasteiger partial charge in [0.15, 0.2) is 0 Å². The molecule has 15 heteroatoms. The van der Waals surface area contributed by atoms with Crippen LogP contribution in [0.3, 0.4) is 0 Å². The quantitative estimate of drug-likeness (QED) is 0.0853. The van der Waals surface area contributed by atoms with Gasteiger partial charge in [-0.2, -0.15) is 0 Å². The van der Waals surface area contributed by atoms with Crippen molar-refractivity contribution in [2.75, 3.05) is 39.6 Å². The van der Waals surface area contributed by atoms with E-state index in [4.69, 9.17) is 24.4 Å². The number of urea groups is 1. The molecule has 0 rings (SSSR count). The molecule has 0 aromatic rings. The largest absolute Gasteiger partial charge is 0.481 e. The molecule has 0 bridgehead atoms. The van der Waals surface area contributed by atoms with E-state index in [0.29, 0.717) is 0 Å². The molecule has 0 radical (unpaired) electrons. The molecule has 0 aromatic carbocycles. The van der Waals surface area contributed by atoms with Crippen molar-refractivity contribution in [3.63, 3.8) is 0 Å². The molecule has 0 aliphatic rings. The van der Waals surface area contributed by atoms with Gasteiger partial charge >= 0.3 is 29.9 Å². The highest BCUT2D eigenvalue weighted by Gasteiger charge is 2.24. The number of carboxylic acids is 3. The van der Waals surface area contributed by atoms with Crippen molar-refractivity contribution in [2.24, 2.45) is 5.92 Å². The number of esters is 1. The molecule has 0 fully saturated rings. The fourth-order valence-corrected chi connectivity index (χ4v) is 2.44. The van der Waals surface area contributed by atoms with Gasteiger partial charge in [0.1, 0.15) is 18.7 Å². The first-order valence-electron chi connectivity index (χ1n) is 11.3. The lowest BCUT2D eigenvalue weighted by atomic mass is 10.1. The third-order valence-electron chi connectivity index (χ3n) is 4.40. The average Bonchev–Trinajstić information content (AvgIpc) is 2.79. The lowest BCUT2D eigenvalue weighted by Crippen LogP contribution is -2.51. The van der Waals surface area contributed by atoms with Crippen LogP contribution in [0.25, 0.3) is 0 Å². The number of carbonyl (C=O) groups is 6. The van der Waals surface area contributed by atoms with E-state index in [9.17, 15) is 33.9 Å². The second kappa shape index (κ2) is 18.8. The van der Waals surface area contributed by atoms with Crippen LogP contribution in [0.15, 0.2) is 0 Å². The number of nitrogens with one attached hydrogen (secondary N) is 3. The van der Waals surface area contributed by atoms with Crippen LogP contribution in [0.1, 0.15) is 39.5 Å². The normalized spacial score (nSPS) is 12.3. The summed E-state index contributed by atoms with van der Waals surface area (Å²) in [5.74, 6) is -5.05. The summed E-state index contributed by atoms with van der Waals surface area (Å²) in [6.45, 7) is 4.27. The van der Waals surface area contributed by atoms with Crippen molar-refractivity contribution in [1.82, 2.24) is 16.0 Å². The maximum atomic E-state index is 11.9. The Labute approximate surface area is 207 Å². The second-order valence-electron chi connectivity index (χ2n) is 7.77. The average molecular weight is 522 g/mol. The maximum Gasteiger partial charge on any atom is 0.326 e. The zero-order valence-corrected chi connectivity index (χ0v) is 20.3. The number of hydrogen-bond acceptors (Lipinski definition) is 9. The first-order valence-corrected chi connectivity index (χ1v) is 11.3. The zero-order chi connectivity index (χ0) is 27.5. The molecule has 15 nitrogen and oxygen atoms in total. The molecule has 3 amide bonds. The summed E-state index contributed by atoms with van der Waals surface area (Å²) in [5, 5.41) is 33.5. The van der Waals surface area contributed by atoms with Crippen molar-refractivity contribution in [3.05, 3.63) is 0 Å². The molecule has 2 atom stereocenters. The van der Waals surface area contributed by atoms with E-state index < -0.39 is 48.4 Å². The smallest absolute Gasteiger partial charge is 0.326 e. The molecule has 0 heterocycles. The number of hydrogen-bond donors (Lipinski definition) is 6. The van der Waals surface area contributed by atoms with E-state index in [0.717, 1.165) is 0 Å². The minimum atomic E-state index is -1.51. The zero-order valence-electron chi connectivity index (χ0n) is 20.3. The highest BCUT2D eigenvalue weighted by molar-refractivity contribution is 5.86. The number of aliphatic carboxylic acids is 3. The first-order chi connectivity index (χ1) is 16.9. The van der Waals surface area contributed by atoms with Crippen LogP contribution in [-0.2, 0) is 38.2 Å². The van der Waals surface area contributed by atoms with Gasteiger partial charge < -0.3 is 45.5 Å². The number of carbonyl (C=O) groups excluding carboxylic acids is 3. The van der Waals surface area contributed by atoms with Crippen molar-refractivity contribution in [3.8, 4) is 0 Å². The maximum absolute atomic E-state index is 11.9. The molecular weight excluding hydrogens is 486 g/mol. The highest BCUT2D eigenvalue weighted by atomic mass is 16.6. The van der Waals surface area contributed by atoms with Crippen molar-refractivity contribution in [2.45, 2.75) is 51.6 Å². The van der Waals surface area contributed by atoms with Gasteiger partial charge in [-0.15, -0.1) is 0 Å². The Kier molecular flexibility index (Phi) is 17.0. The van der Waals surface area contributed by atoms with Gasteiger partial charge in [0, 0.05) is 19.4 Å². The summed E-state index contributed by atoms with van der Waals surface area (Å²) in [7, 11) is 0. The van der Waals surface area contributed by atoms with E-state index in [2.05, 4.69) is 10.6 Å². The van der Waals surface area contributed by atoms with Crippen LogP contribution in [0.4, 0.5) is 4.79 Å². The summed E-state index contributed by atoms with van der Waals surface area (Å²) >= 11 is 0. The van der Waals surface area contributed by atoms with Gasteiger partial charge in [-0.05, 0) is 12.8 Å². The molecule has 0 spiro atoms. The van der Waals surface area contributed by atoms with E-state index in [-0.39, 0.29) is 70.7 Å². The van der Waals surface area contributed by atoms with Crippen molar-refractivity contribution >= 4 is 35.8 Å². The van der Waals surface area contributed by atoms with E-state index in [1.807, 2.05) is 5.32 Å². The number of amides is 3. The molecule has 0 unspecified atom stereocenters. The van der Waals surface area contributed by atoms with E-state index >= 15 is 0 Å². The van der Waals surface area contributed by atoms with Crippen LogP contribution >= 0.6 is 0 Å². The summed E-state index contributed by atoms with van der Waals surface area (Å²) in [4.78, 5) is 68.0. The fourth-order valence-electron chi connectivity index (χ4n) is 2.44. The van der Waals surface area contributed by atoms with Gasteiger partial charge in [-0.1, -0.05) is 13.8 Å². The molecule has 6 N–H and O–H groups in total. The molecule has 0 saturated carbocycles. The van der Waals surface area contributed by atoms with E-state index in [1.54, 1.807) is 13.8 Å². The molecule has 36 heavy (non-hydrogen) atoms.